The van der Waals surface area contributed by atoms with E-state index in [9.17, 15) is 0 Å². The van der Waals surface area contributed by atoms with Gasteiger partial charge in [-0.1, -0.05) is 30.3 Å². The number of nitrogens with zero attached hydrogens (tertiary/aromatic N) is 2. The Balaban J connectivity index is 2.09. The summed E-state index contributed by atoms with van der Waals surface area (Å²) >= 11 is 1.56. The summed E-state index contributed by atoms with van der Waals surface area (Å²) in [7, 11) is 0. The minimum Gasteiger partial charge on any atom is -0.331 e. The Bertz CT molecular complexity index is 735. The number of hydrogen-bond acceptors (Lipinski definition) is 4. The lowest BCUT2D eigenvalue weighted by molar-refractivity contribution is 0.821. The van der Waals surface area contributed by atoms with Gasteiger partial charge in [-0.3, -0.25) is 0 Å². The Morgan fingerprint density at radius 2 is 1.86 bits per heavy atom. The fraction of sp³-hybridized carbons (Fsp3) is 0.235. The van der Waals surface area contributed by atoms with Crippen LogP contribution >= 0.6 is 11.5 Å². The number of hydrogen-bond donors (Lipinski definition) is 1. The lowest BCUT2D eigenvalue weighted by Gasteiger charge is -2.25. The summed E-state index contributed by atoms with van der Waals surface area (Å²) in [4.78, 5) is 2.35. The number of benzene rings is 2. The van der Waals surface area contributed by atoms with Gasteiger partial charge in [0, 0.05) is 17.6 Å². The van der Waals surface area contributed by atoms with E-state index in [1.807, 2.05) is 6.07 Å². The number of para-hydroxylation sites is 1. The van der Waals surface area contributed by atoms with Crippen LogP contribution in [0.1, 0.15) is 12.0 Å². The summed E-state index contributed by atoms with van der Waals surface area (Å²) in [5.74, 6) is 0. The third kappa shape index (κ3) is 2.77. The Kier molecular flexibility index (Phi) is 4.18. The van der Waals surface area contributed by atoms with E-state index < -0.39 is 0 Å². The normalized spacial score (nSPS) is 11.0. The molecule has 1 aromatic heterocycles. The molecule has 0 saturated heterocycles. The van der Waals surface area contributed by atoms with Crippen molar-refractivity contribution in [2.24, 2.45) is 5.73 Å². The molecular weight excluding hydrogens is 278 g/mol. The first-order chi connectivity index (χ1) is 10.3. The molecular formula is C17H19N3S. The average molecular weight is 297 g/mol. The minimum atomic E-state index is 0.694. The Hall–Kier alpha value is -1.91. The number of aryl methyl sites for hydroxylation is 1. The molecule has 0 aliphatic heterocycles. The van der Waals surface area contributed by atoms with Crippen molar-refractivity contribution >= 4 is 33.1 Å². The Morgan fingerprint density at radius 3 is 2.67 bits per heavy atom. The van der Waals surface area contributed by atoms with E-state index in [4.69, 9.17) is 5.73 Å². The van der Waals surface area contributed by atoms with Crippen LogP contribution in [0.15, 0.2) is 48.5 Å². The predicted octanol–water partition coefficient (Wildman–Crippen LogP) is 4.09. The van der Waals surface area contributed by atoms with Crippen molar-refractivity contribution in [2.45, 2.75) is 13.3 Å². The van der Waals surface area contributed by atoms with Gasteiger partial charge in [-0.25, -0.2) is 0 Å². The molecule has 0 atom stereocenters. The number of nitrogens with two attached hydrogens (primary N) is 1. The molecule has 3 nitrogen and oxygen atoms in total. The molecule has 0 spiro atoms. The van der Waals surface area contributed by atoms with Gasteiger partial charge < -0.3 is 10.6 Å². The van der Waals surface area contributed by atoms with Gasteiger partial charge in [0.2, 0.25) is 0 Å². The van der Waals surface area contributed by atoms with Crippen LogP contribution in [0, 0.1) is 6.92 Å². The van der Waals surface area contributed by atoms with E-state index >= 15 is 0 Å². The molecule has 1 heterocycles. The highest BCUT2D eigenvalue weighted by molar-refractivity contribution is 7.12. The van der Waals surface area contributed by atoms with E-state index in [1.165, 1.54) is 21.6 Å². The second-order valence-corrected chi connectivity index (χ2v) is 5.84. The highest BCUT2D eigenvalue weighted by Crippen LogP contribution is 2.37. The maximum atomic E-state index is 5.72. The number of rotatable bonds is 5. The lowest BCUT2D eigenvalue weighted by atomic mass is 10.1. The molecule has 3 aromatic rings. The van der Waals surface area contributed by atoms with Crippen molar-refractivity contribution < 1.29 is 0 Å². The first-order valence-corrected chi connectivity index (χ1v) is 7.96. The Morgan fingerprint density at radius 1 is 1.10 bits per heavy atom. The van der Waals surface area contributed by atoms with Gasteiger partial charge in [0.05, 0.1) is 5.52 Å². The van der Waals surface area contributed by atoms with Crippen LogP contribution < -0.4 is 10.6 Å². The van der Waals surface area contributed by atoms with Crippen molar-refractivity contribution in [3.8, 4) is 0 Å². The third-order valence-corrected chi connectivity index (χ3v) is 4.50. The third-order valence-electron chi connectivity index (χ3n) is 3.60. The molecule has 0 unspecified atom stereocenters. The monoisotopic (exact) mass is 297 g/mol. The maximum Gasteiger partial charge on any atom is 0.124 e. The molecule has 0 amide bonds. The molecule has 3 rings (SSSR count). The van der Waals surface area contributed by atoms with Gasteiger partial charge in [-0.05, 0) is 55.2 Å². The summed E-state index contributed by atoms with van der Waals surface area (Å²) < 4.78 is 4.57. The van der Waals surface area contributed by atoms with Crippen LogP contribution in [0.5, 0.6) is 0 Å². The fourth-order valence-corrected chi connectivity index (χ4v) is 3.42. The molecule has 108 valence electrons. The highest BCUT2D eigenvalue weighted by Gasteiger charge is 2.16. The van der Waals surface area contributed by atoms with Gasteiger partial charge in [0.25, 0.3) is 0 Å². The summed E-state index contributed by atoms with van der Waals surface area (Å²) in [5.41, 5.74) is 9.29. The van der Waals surface area contributed by atoms with Gasteiger partial charge in [0.1, 0.15) is 5.00 Å². The van der Waals surface area contributed by atoms with Crippen LogP contribution in [-0.4, -0.2) is 17.5 Å². The average Bonchev–Trinajstić information content (AvgIpc) is 2.93. The van der Waals surface area contributed by atoms with Crippen LogP contribution in [0.2, 0.25) is 0 Å². The summed E-state index contributed by atoms with van der Waals surface area (Å²) in [5, 5.41) is 2.41. The highest BCUT2D eigenvalue weighted by atomic mass is 32.1. The van der Waals surface area contributed by atoms with Crippen LogP contribution in [0.25, 0.3) is 10.9 Å². The molecule has 0 saturated carbocycles. The van der Waals surface area contributed by atoms with Gasteiger partial charge in [-0.2, -0.15) is 4.37 Å². The molecule has 2 N–H and O–H groups in total. The van der Waals surface area contributed by atoms with Gasteiger partial charge in [-0.15, -0.1) is 0 Å². The van der Waals surface area contributed by atoms with E-state index in [0.29, 0.717) is 6.54 Å². The molecule has 0 aliphatic rings. The minimum absolute atomic E-state index is 0.694. The fourth-order valence-electron chi connectivity index (χ4n) is 2.52. The summed E-state index contributed by atoms with van der Waals surface area (Å²) in [6, 6.07) is 16.8. The second kappa shape index (κ2) is 6.24. The van der Waals surface area contributed by atoms with E-state index in [-0.39, 0.29) is 0 Å². The summed E-state index contributed by atoms with van der Waals surface area (Å²) in [6.45, 7) is 3.75. The molecule has 0 bridgehead atoms. The smallest absolute Gasteiger partial charge is 0.124 e. The molecule has 0 aliphatic carbocycles. The zero-order valence-corrected chi connectivity index (χ0v) is 12.9. The number of aromatic nitrogens is 1. The van der Waals surface area contributed by atoms with Crippen molar-refractivity contribution in [3.05, 3.63) is 54.1 Å². The van der Waals surface area contributed by atoms with Crippen molar-refractivity contribution in [1.82, 2.24) is 4.37 Å². The van der Waals surface area contributed by atoms with Crippen LogP contribution in [0.3, 0.4) is 0 Å². The zero-order chi connectivity index (χ0) is 14.7. The largest absolute Gasteiger partial charge is 0.331 e. The maximum absolute atomic E-state index is 5.72. The number of anilines is 2. The van der Waals surface area contributed by atoms with Crippen molar-refractivity contribution in [1.29, 1.82) is 0 Å². The quantitative estimate of drug-likeness (QED) is 0.771. The lowest BCUT2D eigenvalue weighted by Crippen LogP contribution is -2.21. The van der Waals surface area contributed by atoms with Crippen LogP contribution in [-0.2, 0) is 0 Å². The standard InChI is InChI=1S/C17H19N3S/c1-13-7-2-5-10-16(13)20(12-6-11-18)17-14-8-3-4-9-15(14)19-21-17/h2-5,7-10H,6,11-12,18H2,1H3. The van der Waals surface area contributed by atoms with Gasteiger partial charge >= 0.3 is 0 Å². The molecule has 0 radical (unpaired) electrons. The first kappa shape index (κ1) is 14.0. The molecule has 2 aromatic carbocycles. The Labute approximate surface area is 129 Å². The van der Waals surface area contributed by atoms with Gasteiger partial charge in [0.15, 0.2) is 0 Å². The van der Waals surface area contributed by atoms with Crippen molar-refractivity contribution in [2.75, 3.05) is 18.0 Å². The van der Waals surface area contributed by atoms with Crippen LogP contribution in [0.4, 0.5) is 10.7 Å². The molecule has 0 fully saturated rings. The van der Waals surface area contributed by atoms with E-state index in [1.54, 1.807) is 11.5 Å². The molecule has 4 heteroatoms. The topological polar surface area (TPSA) is 42.1 Å². The van der Waals surface area contributed by atoms with Crippen molar-refractivity contribution in [3.63, 3.8) is 0 Å². The zero-order valence-electron chi connectivity index (χ0n) is 12.1. The number of fused-ring (bicyclic) bond motifs is 1. The first-order valence-electron chi connectivity index (χ1n) is 7.19. The van der Waals surface area contributed by atoms with E-state index in [2.05, 4.69) is 58.7 Å². The second-order valence-electron chi connectivity index (χ2n) is 5.09. The van der Waals surface area contributed by atoms with E-state index in [0.717, 1.165) is 18.5 Å². The predicted molar refractivity (Wildman–Crippen MR) is 91.5 cm³/mol. The molecule has 21 heavy (non-hydrogen) atoms. The summed E-state index contributed by atoms with van der Waals surface area (Å²) in [6.07, 6.45) is 0.959. The SMILES string of the molecule is Cc1ccccc1N(CCCN)c1snc2ccccc12.